The summed E-state index contributed by atoms with van der Waals surface area (Å²) in [7, 11) is 0. The summed E-state index contributed by atoms with van der Waals surface area (Å²) < 4.78 is 0. The van der Waals surface area contributed by atoms with Gasteiger partial charge in [-0.1, -0.05) is 0 Å². The van der Waals surface area contributed by atoms with E-state index in [4.69, 9.17) is 17.3 Å². The minimum absolute atomic E-state index is 0.152. The summed E-state index contributed by atoms with van der Waals surface area (Å²) in [6, 6.07) is 0. The molecule has 0 radical (unpaired) electrons. The molecule has 0 bridgehead atoms. The lowest BCUT2D eigenvalue weighted by Gasteiger charge is -2.17. The monoisotopic (exact) mass is 328 g/mol. The maximum atomic E-state index is 9.65. The Morgan fingerprint density at radius 3 is 1.33 bits per heavy atom. The average molecular weight is 329 g/mol. The third kappa shape index (κ3) is 13.4. The maximum absolute atomic E-state index is 9.65. The van der Waals surface area contributed by atoms with E-state index in [-0.39, 0.29) is 12.4 Å². The number of rotatable bonds is 14. The molecule has 0 amide bonds. The highest BCUT2D eigenvalue weighted by Crippen LogP contribution is 1.86. The number of hydrogen-bond donors (Lipinski definition) is 8. The Hall–Kier alpha value is -0.0300. The lowest BCUT2D eigenvalue weighted by molar-refractivity contribution is 0.131. The van der Waals surface area contributed by atoms with Crippen molar-refractivity contribution in [3.8, 4) is 0 Å². The summed E-state index contributed by atoms with van der Waals surface area (Å²) in [4.78, 5) is 0. The summed E-state index contributed by atoms with van der Waals surface area (Å²) in [5.41, 5.74) is 5.25. The third-order valence-electron chi connectivity index (χ3n) is 2.73. The molecule has 0 aliphatic carbocycles. The lowest BCUT2D eigenvalue weighted by atomic mass is 10.3. The van der Waals surface area contributed by atoms with Crippen LogP contribution in [0.25, 0.3) is 0 Å². The van der Waals surface area contributed by atoms with Gasteiger partial charge in [0, 0.05) is 51.7 Å². The Morgan fingerprint density at radius 1 is 0.667 bits per heavy atom. The van der Waals surface area contributed by atoms with Gasteiger partial charge in [-0.3, -0.25) is 0 Å². The van der Waals surface area contributed by atoms with Gasteiger partial charge in [0.25, 0.3) is 0 Å². The van der Waals surface area contributed by atoms with Crippen LogP contribution in [-0.2, 0) is 0 Å². The maximum Gasteiger partial charge on any atom is 0.0799 e. The molecule has 4 unspecified atom stereocenters. The molecule has 9 N–H and O–H groups in total. The minimum atomic E-state index is -0.622. The van der Waals surface area contributed by atoms with Gasteiger partial charge < -0.3 is 42.1 Å². The molecular weight excluding hydrogens is 300 g/mol. The molecule has 8 nitrogen and oxygen atoms in total. The quantitative estimate of drug-likeness (QED) is 0.153. The molecule has 0 aliphatic rings. The van der Waals surface area contributed by atoms with Gasteiger partial charge in [-0.15, -0.1) is 11.6 Å². The van der Waals surface area contributed by atoms with Crippen LogP contribution in [0.15, 0.2) is 0 Å². The van der Waals surface area contributed by atoms with Crippen molar-refractivity contribution in [2.45, 2.75) is 24.4 Å². The Balaban J connectivity index is 3.46. The lowest BCUT2D eigenvalue weighted by Crippen LogP contribution is -2.43. The molecule has 9 heteroatoms. The van der Waals surface area contributed by atoms with Gasteiger partial charge in [0.1, 0.15) is 0 Å². The molecule has 0 saturated heterocycles. The number of aliphatic hydroxyl groups excluding tert-OH is 4. The Bertz CT molecular complexity index is 219. The van der Waals surface area contributed by atoms with Crippen molar-refractivity contribution in [3.05, 3.63) is 0 Å². The molecule has 4 atom stereocenters. The van der Waals surface area contributed by atoms with E-state index in [1.807, 2.05) is 0 Å². The second-order valence-corrected chi connectivity index (χ2v) is 5.29. The highest BCUT2D eigenvalue weighted by atomic mass is 35.5. The van der Waals surface area contributed by atoms with Crippen LogP contribution in [0.3, 0.4) is 0 Å². The van der Waals surface area contributed by atoms with E-state index in [0.29, 0.717) is 39.3 Å². The molecule has 0 aliphatic heterocycles. The molecule has 21 heavy (non-hydrogen) atoms. The molecule has 0 aromatic carbocycles. The molecule has 0 fully saturated rings. The molecule has 0 saturated carbocycles. The fourth-order valence-electron chi connectivity index (χ4n) is 1.53. The first-order chi connectivity index (χ1) is 9.99. The minimum Gasteiger partial charge on any atom is -0.391 e. The predicted molar refractivity (Wildman–Crippen MR) is 82.4 cm³/mol. The number of nitrogens with two attached hydrogens (primary N) is 1. The Morgan fingerprint density at radius 2 is 1.00 bits per heavy atom. The number of aliphatic hydroxyl groups is 4. The Labute approximate surface area is 130 Å². The molecule has 0 aromatic heterocycles. The first kappa shape index (κ1) is 21.0. The molecule has 0 heterocycles. The molecule has 0 spiro atoms. The van der Waals surface area contributed by atoms with Crippen LogP contribution < -0.4 is 21.7 Å². The van der Waals surface area contributed by atoms with Crippen molar-refractivity contribution >= 4 is 11.6 Å². The first-order valence-electron chi connectivity index (χ1n) is 7.10. The van der Waals surface area contributed by atoms with Gasteiger partial charge in [-0.2, -0.15) is 0 Å². The summed E-state index contributed by atoms with van der Waals surface area (Å²) in [6.45, 7) is 2.16. The zero-order valence-electron chi connectivity index (χ0n) is 12.2. The zero-order chi connectivity index (χ0) is 16.1. The summed E-state index contributed by atoms with van der Waals surface area (Å²) in [5.74, 6) is 0.152. The highest BCUT2D eigenvalue weighted by molar-refractivity contribution is 6.18. The van der Waals surface area contributed by atoms with E-state index < -0.39 is 24.4 Å². The van der Waals surface area contributed by atoms with Crippen molar-refractivity contribution in [2.75, 3.05) is 51.7 Å². The number of halogens is 1. The molecular formula is C12H29ClN4O4. The molecule has 128 valence electrons. The van der Waals surface area contributed by atoms with Crippen LogP contribution in [0.1, 0.15) is 0 Å². The van der Waals surface area contributed by atoms with Gasteiger partial charge in [0.15, 0.2) is 0 Å². The van der Waals surface area contributed by atoms with E-state index in [2.05, 4.69) is 16.0 Å². The SMILES string of the molecule is NCC(O)CNCC(O)CNCC(O)CNCC(O)CCl. The van der Waals surface area contributed by atoms with Crippen molar-refractivity contribution in [1.29, 1.82) is 0 Å². The van der Waals surface area contributed by atoms with Crippen molar-refractivity contribution in [2.24, 2.45) is 5.73 Å². The largest absolute Gasteiger partial charge is 0.391 e. The van der Waals surface area contributed by atoms with Crippen LogP contribution in [0, 0.1) is 0 Å². The number of hydrogen-bond acceptors (Lipinski definition) is 8. The van der Waals surface area contributed by atoms with Crippen molar-refractivity contribution in [3.63, 3.8) is 0 Å². The van der Waals surface area contributed by atoms with Crippen LogP contribution in [0.5, 0.6) is 0 Å². The van der Waals surface area contributed by atoms with E-state index in [9.17, 15) is 20.4 Å². The smallest absolute Gasteiger partial charge is 0.0799 e. The summed E-state index contributed by atoms with van der Waals surface area (Å²) in [5, 5.41) is 46.4. The normalized spacial score (nSPS) is 17.4. The number of nitrogens with one attached hydrogen (secondary N) is 3. The van der Waals surface area contributed by atoms with Crippen molar-refractivity contribution < 1.29 is 20.4 Å². The van der Waals surface area contributed by atoms with Crippen LogP contribution >= 0.6 is 11.6 Å². The van der Waals surface area contributed by atoms with Gasteiger partial charge in [0.2, 0.25) is 0 Å². The van der Waals surface area contributed by atoms with Gasteiger partial charge in [-0.05, 0) is 0 Å². The van der Waals surface area contributed by atoms with Gasteiger partial charge >= 0.3 is 0 Å². The van der Waals surface area contributed by atoms with E-state index >= 15 is 0 Å². The second-order valence-electron chi connectivity index (χ2n) is 4.98. The van der Waals surface area contributed by atoms with E-state index in [1.54, 1.807) is 0 Å². The van der Waals surface area contributed by atoms with Gasteiger partial charge in [-0.25, -0.2) is 0 Å². The van der Waals surface area contributed by atoms with E-state index in [0.717, 1.165) is 0 Å². The number of alkyl halides is 1. The average Bonchev–Trinajstić information content (AvgIpc) is 2.46. The Kier molecular flexibility index (Phi) is 13.6. The van der Waals surface area contributed by atoms with Crippen LogP contribution in [-0.4, -0.2) is 96.5 Å². The predicted octanol–water partition coefficient (Wildman–Crippen LogP) is -3.60. The molecule has 0 rings (SSSR count). The van der Waals surface area contributed by atoms with Crippen molar-refractivity contribution in [1.82, 2.24) is 16.0 Å². The summed E-state index contributed by atoms with van der Waals surface area (Å²) in [6.07, 6.45) is -2.47. The van der Waals surface area contributed by atoms with Gasteiger partial charge in [0.05, 0.1) is 24.4 Å². The van der Waals surface area contributed by atoms with E-state index in [1.165, 1.54) is 0 Å². The molecule has 0 aromatic rings. The first-order valence-corrected chi connectivity index (χ1v) is 7.63. The second kappa shape index (κ2) is 13.6. The standard InChI is InChI=1S/C12H29ClN4O4/c13-1-9(18)3-15-5-11(20)7-17-8-12(21)6-16-4-10(19)2-14/h9-12,15-21H,1-8,14H2. The fourth-order valence-corrected chi connectivity index (χ4v) is 1.64. The highest BCUT2D eigenvalue weighted by Gasteiger charge is 2.08. The van der Waals surface area contributed by atoms with Crippen LogP contribution in [0.2, 0.25) is 0 Å². The zero-order valence-corrected chi connectivity index (χ0v) is 13.0. The topological polar surface area (TPSA) is 143 Å². The third-order valence-corrected chi connectivity index (χ3v) is 3.09. The van der Waals surface area contributed by atoms with Crippen LogP contribution in [0.4, 0.5) is 0 Å². The fraction of sp³-hybridized carbons (Fsp3) is 1.00. The summed E-state index contributed by atoms with van der Waals surface area (Å²) >= 11 is 5.43.